The smallest absolute Gasteiger partial charge is 0.311 e. The van der Waals surface area contributed by atoms with Gasteiger partial charge in [0.05, 0.1) is 5.41 Å². The average Bonchev–Trinajstić information content (AvgIpc) is 3.07. The minimum absolute atomic E-state index is 0.0293. The number of aliphatic carboxylic acids is 1. The van der Waals surface area contributed by atoms with Crippen LogP contribution in [0.2, 0.25) is 0 Å². The van der Waals surface area contributed by atoms with Gasteiger partial charge in [-0.05, 0) is 37.5 Å². The van der Waals surface area contributed by atoms with Crippen molar-refractivity contribution in [1.29, 1.82) is 0 Å². The molecular weight excluding hydrogens is 230 g/mol. The third-order valence-corrected chi connectivity index (χ3v) is 4.45. The Bertz CT molecular complexity index is 336. The van der Waals surface area contributed by atoms with Crippen LogP contribution in [0.4, 0.5) is 0 Å². The molecule has 0 aromatic carbocycles. The fourth-order valence-corrected chi connectivity index (χ4v) is 2.96. The second kappa shape index (κ2) is 5.29. The molecule has 4 nitrogen and oxygen atoms in total. The molecule has 2 saturated carbocycles. The van der Waals surface area contributed by atoms with E-state index in [1.807, 2.05) is 0 Å². The van der Waals surface area contributed by atoms with Crippen LogP contribution in [0.3, 0.4) is 0 Å². The molecule has 2 atom stereocenters. The highest BCUT2D eigenvalue weighted by atomic mass is 16.4. The third kappa shape index (κ3) is 3.24. The summed E-state index contributed by atoms with van der Waals surface area (Å²) in [6.45, 7) is 2.55. The molecule has 0 aliphatic heterocycles. The van der Waals surface area contributed by atoms with E-state index in [1.54, 1.807) is 0 Å². The van der Waals surface area contributed by atoms with E-state index in [4.69, 9.17) is 5.11 Å². The van der Waals surface area contributed by atoms with Gasteiger partial charge in [0, 0.05) is 13.0 Å². The van der Waals surface area contributed by atoms with E-state index in [1.165, 1.54) is 12.8 Å². The highest BCUT2D eigenvalue weighted by Crippen LogP contribution is 2.45. The molecule has 2 rings (SSSR count). The quantitative estimate of drug-likeness (QED) is 0.789. The van der Waals surface area contributed by atoms with Crippen LogP contribution in [0, 0.1) is 17.3 Å². The molecule has 1 amide bonds. The zero-order chi connectivity index (χ0) is 13.2. The zero-order valence-electron chi connectivity index (χ0n) is 11.1. The summed E-state index contributed by atoms with van der Waals surface area (Å²) in [6.07, 6.45) is 6.74. The van der Waals surface area contributed by atoms with Gasteiger partial charge in [-0.2, -0.15) is 0 Å². The lowest BCUT2D eigenvalue weighted by atomic mass is 9.81. The SMILES string of the molecule is CC1CCCC(CC(=O)NCC2(C(=O)O)CC2)C1. The van der Waals surface area contributed by atoms with Gasteiger partial charge in [-0.1, -0.05) is 19.8 Å². The lowest BCUT2D eigenvalue weighted by Gasteiger charge is -2.26. The van der Waals surface area contributed by atoms with Crippen molar-refractivity contribution in [3.8, 4) is 0 Å². The standard InChI is InChI=1S/C14H23NO3/c1-10-3-2-4-11(7-10)8-12(16)15-9-14(5-6-14)13(17)18/h10-11H,2-9H2,1H3,(H,15,16)(H,17,18). The number of carboxylic acid groups (broad SMARTS) is 1. The average molecular weight is 253 g/mol. The summed E-state index contributed by atoms with van der Waals surface area (Å²) in [5, 5.41) is 11.8. The Morgan fingerprint density at radius 2 is 2.06 bits per heavy atom. The fourth-order valence-electron chi connectivity index (χ4n) is 2.96. The monoisotopic (exact) mass is 253 g/mol. The molecule has 4 heteroatoms. The number of hydrogen-bond acceptors (Lipinski definition) is 2. The predicted octanol–water partition coefficient (Wildman–Crippen LogP) is 2.18. The van der Waals surface area contributed by atoms with E-state index in [0.29, 0.717) is 31.7 Å². The van der Waals surface area contributed by atoms with Crippen LogP contribution >= 0.6 is 0 Å². The molecule has 0 aromatic heterocycles. The first-order chi connectivity index (χ1) is 8.52. The molecule has 2 unspecified atom stereocenters. The number of amides is 1. The van der Waals surface area contributed by atoms with Gasteiger partial charge in [0.2, 0.25) is 5.91 Å². The van der Waals surface area contributed by atoms with Crippen LogP contribution in [0.15, 0.2) is 0 Å². The van der Waals surface area contributed by atoms with Crippen molar-refractivity contribution in [2.24, 2.45) is 17.3 Å². The van der Waals surface area contributed by atoms with Crippen LogP contribution in [-0.4, -0.2) is 23.5 Å². The number of carbonyl (C=O) groups excluding carboxylic acids is 1. The number of carbonyl (C=O) groups is 2. The minimum Gasteiger partial charge on any atom is -0.481 e. The van der Waals surface area contributed by atoms with Gasteiger partial charge in [-0.25, -0.2) is 0 Å². The Morgan fingerprint density at radius 3 is 2.61 bits per heavy atom. The van der Waals surface area contributed by atoms with Gasteiger partial charge in [-0.3, -0.25) is 9.59 Å². The van der Waals surface area contributed by atoms with Crippen LogP contribution in [0.1, 0.15) is 51.9 Å². The van der Waals surface area contributed by atoms with Gasteiger partial charge in [0.1, 0.15) is 0 Å². The molecule has 102 valence electrons. The summed E-state index contributed by atoms with van der Waals surface area (Å²) >= 11 is 0. The third-order valence-electron chi connectivity index (χ3n) is 4.45. The van der Waals surface area contributed by atoms with E-state index < -0.39 is 11.4 Å². The van der Waals surface area contributed by atoms with Gasteiger partial charge >= 0.3 is 5.97 Å². The molecule has 0 heterocycles. The number of nitrogens with one attached hydrogen (secondary N) is 1. The second-order valence-corrected chi connectivity index (χ2v) is 6.20. The molecule has 0 bridgehead atoms. The molecule has 0 saturated heterocycles. The summed E-state index contributed by atoms with van der Waals surface area (Å²) in [5.74, 6) is 0.481. The summed E-state index contributed by atoms with van der Waals surface area (Å²) in [7, 11) is 0. The predicted molar refractivity (Wildman–Crippen MR) is 68.1 cm³/mol. The Labute approximate surface area is 108 Å². The van der Waals surface area contributed by atoms with E-state index in [0.717, 1.165) is 18.8 Å². The number of rotatable bonds is 5. The first-order valence-corrected chi connectivity index (χ1v) is 7.02. The Balaban J connectivity index is 1.70. The van der Waals surface area contributed by atoms with Crippen molar-refractivity contribution >= 4 is 11.9 Å². The molecule has 2 aliphatic rings. The van der Waals surface area contributed by atoms with Crippen molar-refractivity contribution in [2.45, 2.75) is 51.9 Å². The van der Waals surface area contributed by atoms with Gasteiger partial charge < -0.3 is 10.4 Å². The maximum Gasteiger partial charge on any atom is 0.311 e. The highest BCUT2D eigenvalue weighted by Gasteiger charge is 2.50. The largest absolute Gasteiger partial charge is 0.481 e. The van der Waals surface area contributed by atoms with Gasteiger partial charge in [0.25, 0.3) is 0 Å². The molecule has 18 heavy (non-hydrogen) atoms. The number of carboxylic acids is 1. The maximum atomic E-state index is 11.8. The molecule has 0 spiro atoms. The molecule has 2 aliphatic carbocycles. The molecule has 0 radical (unpaired) electrons. The normalized spacial score (nSPS) is 29.6. The first kappa shape index (κ1) is 13.4. The molecular formula is C14H23NO3. The summed E-state index contributed by atoms with van der Waals surface area (Å²) < 4.78 is 0. The Hall–Kier alpha value is -1.06. The molecule has 2 N–H and O–H groups in total. The number of hydrogen-bond donors (Lipinski definition) is 2. The van der Waals surface area contributed by atoms with Gasteiger partial charge in [-0.15, -0.1) is 0 Å². The van der Waals surface area contributed by atoms with Crippen molar-refractivity contribution in [3.63, 3.8) is 0 Å². The van der Waals surface area contributed by atoms with Crippen molar-refractivity contribution < 1.29 is 14.7 Å². The Kier molecular flexibility index (Phi) is 3.93. The highest BCUT2D eigenvalue weighted by molar-refractivity contribution is 5.81. The summed E-state index contributed by atoms with van der Waals surface area (Å²) in [6, 6.07) is 0. The maximum absolute atomic E-state index is 11.8. The van der Waals surface area contributed by atoms with Crippen molar-refractivity contribution in [3.05, 3.63) is 0 Å². The Morgan fingerprint density at radius 1 is 1.33 bits per heavy atom. The molecule has 2 fully saturated rings. The van der Waals surface area contributed by atoms with E-state index in [9.17, 15) is 9.59 Å². The van der Waals surface area contributed by atoms with E-state index in [-0.39, 0.29) is 5.91 Å². The van der Waals surface area contributed by atoms with Crippen LogP contribution in [-0.2, 0) is 9.59 Å². The lowest BCUT2D eigenvalue weighted by molar-refractivity contribution is -0.143. The topological polar surface area (TPSA) is 66.4 Å². The minimum atomic E-state index is -0.769. The summed E-state index contributed by atoms with van der Waals surface area (Å²) in [5.41, 5.74) is -0.643. The fraction of sp³-hybridized carbons (Fsp3) is 0.857. The molecule has 0 aromatic rings. The first-order valence-electron chi connectivity index (χ1n) is 7.02. The van der Waals surface area contributed by atoms with E-state index in [2.05, 4.69) is 12.2 Å². The van der Waals surface area contributed by atoms with Crippen molar-refractivity contribution in [2.75, 3.05) is 6.54 Å². The van der Waals surface area contributed by atoms with Crippen LogP contribution < -0.4 is 5.32 Å². The zero-order valence-corrected chi connectivity index (χ0v) is 11.1. The van der Waals surface area contributed by atoms with E-state index >= 15 is 0 Å². The van der Waals surface area contributed by atoms with Crippen molar-refractivity contribution in [1.82, 2.24) is 5.32 Å². The van der Waals surface area contributed by atoms with Crippen LogP contribution in [0.5, 0.6) is 0 Å². The van der Waals surface area contributed by atoms with Crippen LogP contribution in [0.25, 0.3) is 0 Å². The summed E-state index contributed by atoms with van der Waals surface area (Å²) in [4.78, 5) is 22.8. The van der Waals surface area contributed by atoms with Gasteiger partial charge in [0.15, 0.2) is 0 Å². The second-order valence-electron chi connectivity index (χ2n) is 6.20. The lowest BCUT2D eigenvalue weighted by Crippen LogP contribution is -2.35.